The molecule has 1 heterocycles. The molecular formula is C14H17BrN2O3. The van der Waals surface area contributed by atoms with Crippen molar-refractivity contribution in [2.24, 2.45) is 0 Å². The van der Waals surface area contributed by atoms with Gasteiger partial charge >= 0.3 is 11.8 Å². The number of rotatable bonds is 3. The Labute approximate surface area is 126 Å². The highest BCUT2D eigenvalue weighted by Gasteiger charge is 2.19. The lowest BCUT2D eigenvalue weighted by Gasteiger charge is -2.11. The third-order valence-electron chi connectivity index (χ3n) is 3.09. The van der Waals surface area contributed by atoms with Gasteiger partial charge in [0.1, 0.15) is 0 Å². The van der Waals surface area contributed by atoms with Gasteiger partial charge in [-0.15, -0.1) is 0 Å². The first-order valence-corrected chi connectivity index (χ1v) is 7.32. The van der Waals surface area contributed by atoms with Crippen molar-refractivity contribution in [2.75, 3.05) is 18.5 Å². The number of hydrogen-bond donors (Lipinski definition) is 2. The summed E-state index contributed by atoms with van der Waals surface area (Å²) in [5.41, 5.74) is 1.64. The molecule has 1 aromatic rings. The number of amides is 2. The van der Waals surface area contributed by atoms with E-state index in [-0.39, 0.29) is 6.10 Å². The number of anilines is 1. The van der Waals surface area contributed by atoms with E-state index >= 15 is 0 Å². The number of ether oxygens (including phenoxy) is 1. The summed E-state index contributed by atoms with van der Waals surface area (Å²) in [5, 5.41) is 5.16. The van der Waals surface area contributed by atoms with Crippen LogP contribution in [0.15, 0.2) is 22.7 Å². The predicted octanol–water partition coefficient (Wildman–Crippen LogP) is 1.99. The molecule has 20 heavy (non-hydrogen) atoms. The van der Waals surface area contributed by atoms with Crippen LogP contribution in [-0.4, -0.2) is 31.1 Å². The number of aryl methyl sites for hydroxylation is 1. The summed E-state index contributed by atoms with van der Waals surface area (Å²) in [7, 11) is 0. The molecule has 2 N–H and O–H groups in total. The standard InChI is InChI=1S/C14H17BrN2O3/c1-9-4-5-12(11(15)7-9)17-14(19)13(18)16-8-10-3-2-6-20-10/h4-5,7,10H,2-3,6,8H2,1H3,(H,16,18)(H,17,19)/t10-/m0/s1. The average Bonchev–Trinajstić information content (AvgIpc) is 2.92. The van der Waals surface area contributed by atoms with E-state index < -0.39 is 11.8 Å². The van der Waals surface area contributed by atoms with Crippen molar-refractivity contribution < 1.29 is 14.3 Å². The van der Waals surface area contributed by atoms with Crippen molar-refractivity contribution in [3.8, 4) is 0 Å². The van der Waals surface area contributed by atoms with E-state index in [0.29, 0.717) is 12.2 Å². The van der Waals surface area contributed by atoms with Gasteiger partial charge in [-0.05, 0) is 53.4 Å². The molecule has 1 saturated heterocycles. The van der Waals surface area contributed by atoms with Crippen LogP contribution in [0.4, 0.5) is 5.69 Å². The molecule has 1 aliphatic heterocycles. The lowest BCUT2D eigenvalue weighted by molar-refractivity contribution is -0.136. The minimum Gasteiger partial charge on any atom is -0.376 e. The van der Waals surface area contributed by atoms with Crippen molar-refractivity contribution in [3.05, 3.63) is 28.2 Å². The molecule has 0 unspecified atom stereocenters. The second-order valence-corrected chi connectivity index (χ2v) is 5.64. The van der Waals surface area contributed by atoms with Crippen LogP contribution in [0.5, 0.6) is 0 Å². The van der Waals surface area contributed by atoms with Crippen molar-refractivity contribution >= 4 is 33.4 Å². The highest BCUT2D eigenvalue weighted by Crippen LogP contribution is 2.23. The maximum Gasteiger partial charge on any atom is 0.313 e. The first-order valence-electron chi connectivity index (χ1n) is 6.53. The summed E-state index contributed by atoms with van der Waals surface area (Å²) in [4.78, 5) is 23.5. The number of carbonyl (C=O) groups is 2. The number of hydrogen-bond acceptors (Lipinski definition) is 3. The van der Waals surface area contributed by atoms with E-state index in [4.69, 9.17) is 4.74 Å². The fourth-order valence-electron chi connectivity index (χ4n) is 1.99. The van der Waals surface area contributed by atoms with E-state index in [1.165, 1.54) is 0 Å². The van der Waals surface area contributed by atoms with E-state index in [0.717, 1.165) is 29.5 Å². The second-order valence-electron chi connectivity index (χ2n) is 4.78. The van der Waals surface area contributed by atoms with Gasteiger partial charge in [-0.2, -0.15) is 0 Å². The van der Waals surface area contributed by atoms with Crippen molar-refractivity contribution in [1.29, 1.82) is 0 Å². The van der Waals surface area contributed by atoms with Gasteiger partial charge < -0.3 is 15.4 Å². The number of carbonyl (C=O) groups excluding carboxylic acids is 2. The third kappa shape index (κ3) is 4.05. The van der Waals surface area contributed by atoms with Crippen LogP contribution >= 0.6 is 15.9 Å². The molecule has 1 atom stereocenters. The highest BCUT2D eigenvalue weighted by molar-refractivity contribution is 9.10. The Morgan fingerprint density at radius 3 is 2.85 bits per heavy atom. The SMILES string of the molecule is Cc1ccc(NC(=O)C(=O)NC[C@@H]2CCCO2)c(Br)c1. The molecule has 0 aliphatic carbocycles. The van der Waals surface area contributed by atoms with Gasteiger partial charge in [0.25, 0.3) is 0 Å². The van der Waals surface area contributed by atoms with Gasteiger partial charge in [0.2, 0.25) is 0 Å². The maximum atomic E-state index is 11.8. The van der Waals surface area contributed by atoms with Crippen LogP contribution in [0.25, 0.3) is 0 Å². The summed E-state index contributed by atoms with van der Waals surface area (Å²) < 4.78 is 6.13. The quantitative estimate of drug-likeness (QED) is 0.827. The minimum atomic E-state index is -0.674. The monoisotopic (exact) mass is 340 g/mol. The molecule has 5 nitrogen and oxygen atoms in total. The van der Waals surface area contributed by atoms with E-state index in [1.54, 1.807) is 6.07 Å². The molecule has 0 aromatic heterocycles. The second kappa shape index (κ2) is 6.85. The molecule has 0 radical (unpaired) electrons. The summed E-state index contributed by atoms with van der Waals surface area (Å²) in [6.07, 6.45) is 1.95. The molecular weight excluding hydrogens is 324 g/mol. The number of benzene rings is 1. The molecule has 0 bridgehead atoms. The Hall–Kier alpha value is -1.40. The average molecular weight is 341 g/mol. The first-order chi connectivity index (χ1) is 9.56. The highest BCUT2D eigenvalue weighted by atomic mass is 79.9. The molecule has 1 aromatic carbocycles. The normalized spacial score (nSPS) is 17.8. The number of nitrogens with one attached hydrogen (secondary N) is 2. The topological polar surface area (TPSA) is 67.4 Å². The molecule has 0 saturated carbocycles. The maximum absolute atomic E-state index is 11.8. The fourth-order valence-corrected chi connectivity index (χ4v) is 2.59. The summed E-state index contributed by atoms with van der Waals surface area (Å²) in [5.74, 6) is -1.32. The zero-order valence-electron chi connectivity index (χ0n) is 11.2. The van der Waals surface area contributed by atoms with E-state index in [2.05, 4.69) is 26.6 Å². The Morgan fingerprint density at radius 1 is 1.40 bits per heavy atom. The molecule has 108 valence electrons. The summed E-state index contributed by atoms with van der Waals surface area (Å²) >= 11 is 3.35. The Morgan fingerprint density at radius 2 is 2.20 bits per heavy atom. The molecule has 0 spiro atoms. The van der Waals surface area contributed by atoms with Gasteiger partial charge in [-0.1, -0.05) is 6.07 Å². The number of halogens is 1. The Balaban J connectivity index is 1.85. The summed E-state index contributed by atoms with van der Waals surface area (Å²) in [6, 6.07) is 5.50. The Kier molecular flexibility index (Phi) is 5.14. The Bertz CT molecular complexity index is 513. The van der Waals surface area contributed by atoms with Crippen LogP contribution in [0, 0.1) is 6.92 Å². The van der Waals surface area contributed by atoms with Gasteiger partial charge in [-0.3, -0.25) is 9.59 Å². The predicted molar refractivity (Wildman–Crippen MR) is 79.5 cm³/mol. The van der Waals surface area contributed by atoms with Gasteiger partial charge in [0.15, 0.2) is 0 Å². The van der Waals surface area contributed by atoms with Crippen LogP contribution in [-0.2, 0) is 14.3 Å². The zero-order valence-corrected chi connectivity index (χ0v) is 12.8. The molecule has 6 heteroatoms. The van der Waals surface area contributed by atoms with Gasteiger partial charge in [-0.25, -0.2) is 0 Å². The first kappa shape index (κ1) is 15.0. The zero-order chi connectivity index (χ0) is 14.5. The molecule has 2 rings (SSSR count). The van der Waals surface area contributed by atoms with Crippen LogP contribution < -0.4 is 10.6 Å². The van der Waals surface area contributed by atoms with Crippen molar-refractivity contribution in [1.82, 2.24) is 5.32 Å². The van der Waals surface area contributed by atoms with E-state index in [1.807, 2.05) is 19.1 Å². The largest absolute Gasteiger partial charge is 0.376 e. The third-order valence-corrected chi connectivity index (χ3v) is 3.75. The van der Waals surface area contributed by atoms with Crippen molar-refractivity contribution in [2.45, 2.75) is 25.9 Å². The lowest BCUT2D eigenvalue weighted by Crippen LogP contribution is -2.39. The van der Waals surface area contributed by atoms with Crippen LogP contribution in [0.2, 0.25) is 0 Å². The summed E-state index contributed by atoms with van der Waals surface area (Å²) in [6.45, 7) is 3.05. The lowest BCUT2D eigenvalue weighted by atomic mass is 10.2. The smallest absolute Gasteiger partial charge is 0.313 e. The van der Waals surface area contributed by atoms with Gasteiger partial charge in [0.05, 0.1) is 11.8 Å². The molecule has 1 fully saturated rings. The fraction of sp³-hybridized carbons (Fsp3) is 0.429. The molecule has 1 aliphatic rings. The van der Waals surface area contributed by atoms with Crippen molar-refractivity contribution in [3.63, 3.8) is 0 Å². The van der Waals surface area contributed by atoms with E-state index in [9.17, 15) is 9.59 Å². The molecule has 2 amide bonds. The van der Waals surface area contributed by atoms with Crippen LogP contribution in [0.1, 0.15) is 18.4 Å². The minimum absolute atomic E-state index is 0.0258. The van der Waals surface area contributed by atoms with Crippen LogP contribution in [0.3, 0.4) is 0 Å². The van der Waals surface area contributed by atoms with Gasteiger partial charge in [0, 0.05) is 17.6 Å².